The van der Waals surface area contributed by atoms with Crippen molar-refractivity contribution in [1.82, 2.24) is 5.32 Å². The van der Waals surface area contributed by atoms with Crippen LogP contribution in [0, 0.1) is 0 Å². The summed E-state index contributed by atoms with van der Waals surface area (Å²) < 4.78 is 5.90. The minimum atomic E-state index is 0.863. The van der Waals surface area contributed by atoms with Gasteiger partial charge in [-0.15, -0.1) is 0 Å². The molecule has 0 atom stereocenters. The molecule has 0 aromatic heterocycles. The van der Waals surface area contributed by atoms with Crippen LogP contribution in [0.1, 0.15) is 18.1 Å². The van der Waals surface area contributed by atoms with Gasteiger partial charge < -0.3 is 10.1 Å². The zero-order chi connectivity index (χ0) is 11.0. The molecular weight excluding hydrogens is 198 g/mol. The lowest BCUT2D eigenvalue weighted by atomic mass is 9.95. The zero-order valence-corrected chi connectivity index (χ0v) is 9.42. The van der Waals surface area contributed by atoms with Crippen LogP contribution in [-0.2, 0) is 12.8 Å². The van der Waals surface area contributed by atoms with Gasteiger partial charge in [-0.25, -0.2) is 0 Å². The van der Waals surface area contributed by atoms with Crippen molar-refractivity contribution >= 4 is 0 Å². The molecule has 0 aliphatic carbocycles. The lowest BCUT2D eigenvalue weighted by Gasteiger charge is -2.26. The molecule has 2 nitrogen and oxygen atoms in total. The van der Waals surface area contributed by atoms with Gasteiger partial charge in [-0.1, -0.05) is 31.2 Å². The Labute approximate surface area is 95.6 Å². The molecule has 2 aliphatic heterocycles. The van der Waals surface area contributed by atoms with Gasteiger partial charge in [0, 0.05) is 24.1 Å². The van der Waals surface area contributed by atoms with Crippen LogP contribution in [0.3, 0.4) is 0 Å². The fraction of sp³-hybridized carbons (Fsp3) is 0.286. The predicted molar refractivity (Wildman–Crippen MR) is 64.3 cm³/mol. The van der Waals surface area contributed by atoms with E-state index in [4.69, 9.17) is 4.74 Å². The fourth-order valence-corrected chi connectivity index (χ4v) is 2.32. The second kappa shape index (κ2) is 3.71. The first-order chi connectivity index (χ1) is 7.88. The largest absolute Gasteiger partial charge is 0.441 e. The maximum absolute atomic E-state index is 5.90. The Kier molecular flexibility index (Phi) is 2.21. The van der Waals surface area contributed by atoms with E-state index < -0.39 is 0 Å². The number of dihydropyridines is 1. The molecule has 2 heteroatoms. The van der Waals surface area contributed by atoms with Crippen LogP contribution < -0.4 is 10.1 Å². The van der Waals surface area contributed by atoms with Crippen molar-refractivity contribution in [1.29, 1.82) is 0 Å². The van der Waals surface area contributed by atoms with E-state index in [2.05, 4.69) is 42.6 Å². The number of hydrogen-bond donors (Lipinski definition) is 1. The van der Waals surface area contributed by atoms with Gasteiger partial charge in [0.2, 0.25) is 0 Å². The molecular formula is C14H15NO. The molecule has 82 valence electrons. The van der Waals surface area contributed by atoms with Crippen LogP contribution in [0.25, 0.3) is 0 Å². The first kappa shape index (κ1) is 9.52. The molecule has 0 bridgehead atoms. The van der Waals surface area contributed by atoms with Crippen molar-refractivity contribution in [3.8, 4) is 5.75 Å². The normalized spacial score (nSPS) is 17.3. The Morgan fingerprint density at radius 3 is 3.19 bits per heavy atom. The maximum atomic E-state index is 5.90. The Balaban J connectivity index is 2.05. The zero-order valence-electron chi connectivity index (χ0n) is 9.42. The summed E-state index contributed by atoms with van der Waals surface area (Å²) in [4.78, 5) is 0. The molecule has 0 amide bonds. The summed E-state index contributed by atoms with van der Waals surface area (Å²) in [6.07, 6.45) is 6.35. The van der Waals surface area contributed by atoms with E-state index in [9.17, 15) is 0 Å². The molecule has 1 N–H and O–H groups in total. The highest BCUT2D eigenvalue weighted by Gasteiger charge is 2.21. The third-order valence-electron chi connectivity index (χ3n) is 3.18. The minimum absolute atomic E-state index is 0.863. The smallest absolute Gasteiger partial charge is 0.197 e. The molecule has 3 rings (SSSR count). The highest BCUT2D eigenvalue weighted by molar-refractivity contribution is 5.49. The number of rotatable bonds is 1. The van der Waals surface area contributed by atoms with Crippen LogP contribution in [0.2, 0.25) is 0 Å². The Bertz CT molecular complexity index is 486. The van der Waals surface area contributed by atoms with Gasteiger partial charge in [0.1, 0.15) is 5.75 Å². The second-order valence-electron chi connectivity index (χ2n) is 4.16. The Hall–Kier alpha value is -1.70. The molecule has 0 saturated heterocycles. The van der Waals surface area contributed by atoms with E-state index in [1.54, 1.807) is 0 Å². The van der Waals surface area contributed by atoms with E-state index in [-0.39, 0.29) is 0 Å². The average Bonchev–Trinajstić information content (AvgIpc) is 2.35. The van der Waals surface area contributed by atoms with Crippen molar-refractivity contribution < 1.29 is 4.74 Å². The van der Waals surface area contributed by atoms with E-state index in [0.29, 0.717) is 0 Å². The predicted octanol–water partition coefficient (Wildman–Crippen LogP) is 2.55. The topological polar surface area (TPSA) is 21.3 Å². The van der Waals surface area contributed by atoms with E-state index in [1.165, 1.54) is 16.7 Å². The SMILES string of the molecule is CCc1cccc2c1CC1=C(NCC=C1)O2. The highest BCUT2D eigenvalue weighted by Crippen LogP contribution is 2.33. The number of aryl methyl sites for hydroxylation is 1. The van der Waals surface area contributed by atoms with Crippen molar-refractivity contribution in [3.05, 3.63) is 52.9 Å². The first-order valence-corrected chi connectivity index (χ1v) is 5.80. The second-order valence-corrected chi connectivity index (χ2v) is 4.16. The number of fused-ring (bicyclic) bond motifs is 1. The molecule has 0 spiro atoms. The van der Waals surface area contributed by atoms with Crippen LogP contribution in [0.15, 0.2) is 41.8 Å². The molecule has 16 heavy (non-hydrogen) atoms. The molecule has 0 unspecified atom stereocenters. The van der Waals surface area contributed by atoms with Crippen LogP contribution in [0.4, 0.5) is 0 Å². The molecule has 0 radical (unpaired) electrons. The molecule has 0 fully saturated rings. The van der Waals surface area contributed by atoms with Gasteiger partial charge in [-0.3, -0.25) is 0 Å². The summed E-state index contributed by atoms with van der Waals surface area (Å²) in [6.45, 7) is 3.05. The third kappa shape index (κ3) is 1.42. The van der Waals surface area contributed by atoms with Crippen LogP contribution in [-0.4, -0.2) is 6.54 Å². The van der Waals surface area contributed by atoms with Gasteiger partial charge in [-0.05, 0) is 18.1 Å². The standard InChI is InChI=1S/C14H15NO/c1-2-10-5-3-7-13-12(10)9-11-6-4-8-15-14(11)16-13/h3-7,15H,2,8-9H2,1H3. The van der Waals surface area contributed by atoms with Crippen molar-refractivity contribution in [2.24, 2.45) is 0 Å². The number of ether oxygens (including phenoxy) is 1. The summed E-state index contributed by atoms with van der Waals surface area (Å²) >= 11 is 0. The molecule has 1 aromatic carbocycles. The summed E-state index contributed by atoms with van der Waals surface area (Å²) in [5.41, 5.74) is 4.00. The van der Waals surface area contributed by atoms with Crippen LogP contribution in [0.5, 0.6) is 5.75 Å². The summed E-state index contributed by atoms with van der Waals surface area (Å²) in [5, 5.41) is 3.27. The number of hydrogen-bond acceptors (Lipinski definition) is 2. The van der Waals surface area contributed by atoms with Gasteiger partial charge in [0.25, 0.3) is 0 Å². The first-order valence-electron chi connectivity index (χ1n) is 5.80. The quantitative estimate of drug-likeness (QED) is 0.774. The average molecular weight is 213 g/mol. The lowest BCUT2D eigenvalue weighted by molar-refractivity contribution is 0.363. The monoisotopic (exact) mass is 213 g/mol. The van der Waals surface area contributed by atoms with Gasteiger partial charge in [-0.2, -0.15) is 0 Å². The number of nitrogens with one attached hydrogen (secondary N) is 1. The van der Waals surface area contributed by atoms with Crippen molar-refractivity contribution in [2.45, 2.75) is 19.8 Å². The van der Waals surface area contributed by atoms with Gasteiger partial charge >= 0.3 is 0 Å². The van der Waals surface area contributed by atoms with E-state index in [0.717, 1.165) is 31.0 Å². The summed E-state index contributed by atoms with van der Waals surface area (Å²) in [6, 6.07) is 6.31. The number of allylic oxidation sites excluding steroid dienone is 2. The van der Waals surface area contributed by atoms with Crippen molar-refractivity contribution in [2.75, 3.05) is 6.54 Å². The number of benzene rings is 1. The summed E-state index contributed by atoms with van der Waals surface area (Å²) in [5.74, 6) is 1.95. The fourth-order valence-electron chi connectivity index (χ4n) is 2.32. The third-order valence-corrected chi connectivity index (χ3v) is 3.18. The van der Waals surface area contributed by atoms with Crippen LogP contribution >= 0.6 is 0 Å². The van der Waals surface area contributed by atoms with Crippen molar-refractivity contribution in [3.63, 3.8) is 0 Å². The molecule has 2 aliphatic rings. The lowest BCUT2D eigenvalue weighted by Crippen LogP contribution is -2.26. The van der Waals surface area contributed by atoms with E-state index >= 15 is 0 Å². The highest BCUT2D eigenvalue weighted by atomic mass is 16.5. The molecule has 2 heterocycles. The minimum Gasteiger partial charge on any atom is -0.441 e. The molecule has 0 saturated carbocycles. The molecule has 1 aromatic rings. The Morgan fingerprint density at radius 2 is 2.31 bits per heavy atom. The van der Waals surface area contributed by atoms with Gasteiger partial charge in [0.15, 0.2) is 5.88 Å². The van der Waals surface area contributed by atoms with Gasteiger partial charge in [0.05, 0.1) is 0 Å². The Morgan fingerprint density at radius 1 is 1.38 bits per heavy atom. The maximum Gasteiger partial charge on any atom is 0.197 e. The summed E-state index contributed by atoms with van der Waals surface area (Å²) in [7, 11) is 0. The van der Waals surface area contributed by atoms with E-state index in [1.807, 2.05) is 0 Å².